The van der Waals surface area contributed by atoms with E-state index in [2.05, 4.69) is 20.8 Å². The number of hydrogen-bond donors (Lipinski definition) is 1. The third-order valence-electron chi connectivity index (χ3n) is 3.75. The maximum absolute atomic E-state index is 8.92. The van der Waals surface area contributed by atoms with Gasteiger partial charge in [-0.1, -0.05) is 26.7 Å². The summed E-state index contributed by atoms with van der Waals surface area (Å²) in [5.41, 5.74) is 0. The number of ether oxygens (including phenoxy) is 4. The van der Waals surface area contributed by atoms with Crippen molar-refractivity contribution in [3.63, 3.8) is 0 Å². The van der Waals surface area contributed by atoms with E-state index in [0.29, 0.717) is 25.9 Å². The van der Waals surface area contributed by atoms with E-state index < -0.39 is 0 Å². The van der Waals surface area contributed by atoms with Gasteiger partial charge in [0.2, 0.25) is 0 Å². The van der Waals surface area contributed by atoms with E-state index in [1.807, 2.05) is 20.8 Å². The molecule has 0 aliphatic carbocycles. The normalized spacial score (nSPS) is 17.0. The second-order valence-corrected chi connectivity index (χ2v) is 6.76. The lowest BCUT2D eigenvalue weighted by Gasteiger charge is -2.24. The Labute approximate surface area is 149 Å². The van der Waals surface area contributed by atoms with Crippen LogP contribution in [0.2, 0.25) is 0 Å². The van der Waals surface area contributed by atoms with Crippen LogP contribution in [0.15, 0.2) is 0 Å². The lowest BCUT2D eigenvalue weighted by molar-refractivity contribution is -0.100. The van der Waals surface area contributed by atoms with Crippen molar-refractivity contribution in [2.75, 3.05) is 26.4 Å². The zero-order valence-electron chi connectivity index (χ0n) is 16.6. The largest absolute Gasteiger partial charge is 0.394 e. The van der Waals surface area contributed by atoms with Crippen LogP contribution in [0.3, 0.4) is 0 Å². The maximum atomic E-state index is 8.92. The molecule has 4 unspecified atom stereocenters. The Bertz CT molecular complexity index is 268. The number of aliphatic hydroxyl groups is 1. The first kappa shape index (κ1) is 23.8. The molecule has 5 nitrogen and oxygen atoms in total. The van der Waals surface area contributed by atoms with Crippen molar-refractivity contribution in [1.82, 2.24) is 0 Å². The van der Waals surface area contributed by atoms with E-state index in [4.69, 9.17) is 24.1 Å². The van der Waals surface area contributed by atoms with Gasteiger partial charge in [0.15, 0.2) is 0 Å². The Morgan fingerprint density at radius 3 is 1.50 bits per heavy atom. The second kappa shape index (κ2) is 15.1. The van der Waals surface area contributed by atoms with Crippen LogP contribution in [-0.2, 0) is 18.9 Å². The molecule has 0 heterocycles. The molecule has 0 rings (SSSR count). The van der Waals surface area contributed by atoms with Crippen LogP contribution in [0.25, 0.3) is 0 Å². The Morgan fingerprint density at radius 2 is 1.08 bits per heavy atom. The summed E-state index contributed by atoms with van der Waals surface area (Å²) in [5.74, 6) is 0. The van der Waals surface area contributed by atoms with Gasteiger partial charge in [0.05, 0.1) is 56.9 Å². The van der Waals surface area contributed by atoms with Crippen LogP contribution in [-0.4, -0.2) is 62.1 Å². The molecule has 0 aromatic heterocycles. The molecule has 0 aromatic rings. The Kier molecular flexibility index (Phi) is 15.0. The van der Waals surface area contributed by atoms with Crippen molar-refractivity contribution in [2.24, 2.45) is 0 Å². The predicted octanol–water partition coefficient (Wildman–Crippen LogP) is 3.57. The summed E-state index contributed by atoms with van der Waals surface area (Å²) >= 11 is 0. The summed E-state index contributed by atoms with van der Waals surface area (Å²) in [7, 11) is 0. The summed E-state index contributed by atoms with van der Waals surface area (Å²) in [5, 5.41) is 8.92. The highest BCUT2D eigenvalue weighted by Gasteiger charge is 2.14. The molecule has 0 amide bonds. The Morgan fingerprint density at radius 1 is 0.667 bits per heavy atom. The van der Waals surface area contributed by atoms with E-state index >= 15 is 0 Å². The molecule has 0 bridgehead atoms. The van der Waals surface area contributed by atoms with Crippen LogP contribution in [0.4, 0.5) is 0 Å². The highest BCUT2D eigenvalue weighted by Crippen LogP contribution is 2.12. The van der Waals surface area contributed by atoms with Crippen molar-refractivity contribution >= 4 is 0 Å². The van der Waals surface area contributed by atoms with E-state index in [1.165, 1.54) is 0 Å². The molecule has 24 heavy (non-hydrogen) atoms. The zero-order valence-corrected chi connectivity index (χ0v) is 16.6. The molecule has 1 N–H and O–H groups in total. The summed E-state index contributed by atoms with van der Waals surface area (Å²) in [6.07, 6.45) is 4.82. The van der Waals surface area contributed by atoms with Gasteiger partial charge in [0.1, 0.15) is 0 Å². The molecule has 0 aromatic carbocycles. The van der Waals surface area contributed by atoms with Crippen molar-refractivity contribution in [2.45, 2.75) is 97.7 Å². The van der Waals surface area contributed by atoms with Crippen LogP contribution in [0.5, 0.6) is 0 Å². The fraction of sp³-hybridized carbons (Fsp3) is 1.00. The lowest BCUT2D eigenvalue weighted by Crippen LogP contribution is -2.29. The highest BCUT2D eigenvalue weighted by atomic mass is 16.6. The third kappa shape index (κ3) is 13.1. The van der Waals surface area contributed by atoms with Gasteiger partial charge in [-0.05, 0) is 40.5 Å². The Balaban J connectivity index is 3.84. The van der Waals surface area contributed by atoms with Gasteiger partial charge in [0.25, 0.3) is 0 Å². The maximum Gasteiger partial charge on any atom is 0.0784 e. The molecule has 146 valence electrons. The first-order valence-corrected chi connectivity index (χ1v) is 9.53. The average molecular weight is 349 g/mol. The highest BCUT2D eigenvalue weighted by molar-refractivity contribution is 4.61. The monoisotopic (exact) mass is 348 g/mol. The number of hydrogen-bond acceptors (Lipinski definition) is 5. The minimum absolute atomic E-state index is 0.0165. The topological polar surface area (TPSA) is 57.2 Å². The van der Waals surface area contributed by atoms with E-state index in [-0.39, 0.29) is 31.0 Å². The summed E-state index contributed by atoms with van der Waals surface area (Å²) in [4.78, 5) is 0. The van der Waals surface area contributed by atoms with Gasteiger partial charge in [-0.3, -0.25) is 0 Å². The predicted molar refractivity (Wildman–Crippen MR) is 97.5 cm³/mol. The smallest absolute Gasteiger partial charge is 0.0784 e. The van der Waals surface area contributed by atoms with Crippen molar-refractivity contribution in [3.05, 3.63) is 0 Å². The van der Waals surface area contributed by atoms with Crippen molar-refractivity contribution < 1.29 is 24.1 Å². The van der Waals surface area contributed by atoms with Gasteiger partial charge in [-0.15, -0.1) is 0 Å². The van der Waals surface area contributed by atoms with Crippen molar-refractivity contribution in [3.8, 4) is 0 Å². The number of aliphatic hydroxyl groups excluding tert-OH is 1. The molecule has 0 radical (unpaired) electrons. The minimum Gasteiger partial charge on any atom is -0.394 e. The molecule has 5 heteroatoms. The van der Waals surface area contributed by atoms with Crippen LogP contribution in [0, 0.1) is 0 Å². The summed E-state index contributed by atoms with van der Waals surface area (Å²) in [6.45, 7) is 13.9. The van der Waals surface area contributed by atoms with Gasteiger partial charge < -0.3 is 24.1 Å². The lowest BCUT2D eigenvalue weighted by atomic mass is 10.1. The van der Waals surface area contributed by atoms with Crippen molar-refractivity contribution in [1.29, 1.82) is 0 Å². The molecule has 0 saturated carbocycles. The van der Waals surface area contributed by atoms with Gasteiger partial charge in [-0.25, -0.2) is 0 Å². The SMILES string of the molecule is CCCC(CCC)OC(C)COC(C)COC(C)COC(C)CO. The van der Waals surface area contributed by atoms with Gasteiger partial charge in [-0.2, -0.15) is 0 Å². The fourth-order valence-electron chi connectivity index (χ4n) is 2.34. The molecule has 4 atom stereocenters. The number of rotatable bonds is 16. The Hall–Kier alpha value is -0.200. The van der Waals surface area contributed by atoms with E-state index in [9.17, 15) is 0 Å². The molecule has 0 aliphatic heterocycles. The van der Waals surface area contributed by atoms with Crippen LogP contribution >= 0.6 is 0 Å². The molecular formula is C19H40O5. The molecular weight excluding hydrogens is 308 g/mol. The van der Waals surface area contributed by atoms with Crippen LogP contribution in [0.1, 0.15) is 67.2 Å². The summed E-state index contributed by atoms with van der Waals surface area (Å²) < 4.78 is 23.1. The molecule has 0 fully saturated rings. The zero-order chi connectivity index (χ0) is 18.4. The molecule has 0 saturated heterocycles. The molecule has 0 spiro atoms. The van der Waals surface area contributed by atoms with E-state index in [1.54, 1.807) is 0 Å². The average Bonchev–Trinajstić information content (AvgIpc) is 2.56. The van der Waals surface area contributed by atoms with Gasteiger partial charge >= 0.3 is 0 Å². The van der Waals surface area contributed by atoms with Gasteiger partial charge in [0, 0.05) is 0 Å². The first-order valence-electron chi connectivity index (χ1n) is 9.53. The summed E-state index contributed by atoms with van der Waals surface area (Å²) in [6, 6.07) is 0. The fourth-order valence-corrected chi connectivity index (χ4v) is 2.34. The standard InChI is InChI=1S/C19H40O5/c1-7-9-19(10-8-2)24-18(6)14-23-17(5)13-22-16(4)12-21-15(3)11-20/h15-20H,7-14H2,1-6H3. The quantitative estimate of drug-likeness (QED) is 0.462. The molecule has 0 aliphatic rings. The minimum atomic E-state index is -0.151. The third-order valence-corrected chi connectivity index (χ3v) is 3.75. The second-order valence-electron chi connectivity index (χ2n) is 6.76. The van der Waals surface area contributed by atoms with E-state index in [0.717, 1.165) is 25.7 Å². The first-order chi connectivity index (χ1) is 11.4. The van der Waals surface area contributed by atoms with Crippen LogP contribution < -0.4 is 0 Å².